The van der Waals surface area contributed by atoms with E-state index in [9.17, 15) is 4.79 Å². The summed E-state index contributed by atoms with van der Waals surface area (Å²) in [6.07, 6.45) is 0. The first-order valence-corrected chi connectivity index (χ1v) is 5.94. The van der Waals surface area contributed by atoms with Crippen LogP contribution in [-0.4, -0.2) is 31.1 Å². The number of rotatable bonds is 3. The molecule has 0 radical (unpaired) electrons. The molecule has 0 saturated heterocycles. The molecule has 2 amide bonds. The zero-order chi connectivity index (χ0) is 13.4. The van der Waals surface area contributed by atoms with Crippen molar-refractivity contribution in [3.8, 4) is 11.8 Å². The van der Waals surface area contributed by atoms with Gasteiger partial charge in [-0.05, 0) is 24.6 Å². The molecular weight excluding hydrogens is 226 g/mol. The summed E-state index contributed by atoms with van der Waals surface area (Å²) < 4.78 is 0. The van der Waals surface area contributed by atoms with Gasteiger partial charge in [-0.15, -0.1) is 0 Å². The summed E-state index contributed by atoms with van der Waals surface area (Å²) in [4.78, 5) is 13.2. The van der Waals surface area contributed by atoms with Crippen molar-refractivity contribution in [1.82, 2.24) is 10.2 Å². The quantitative estimate of drug-likeness (QED) is 0.785. The predicted molar refractivity (Wildman–Crippen MR) is 72.9 cm³/mol. The van der Waals surface area contributed by atoms with Gasteiger partial charge in [0, 0.05) is 25.7 Å². The third-order valence-electron chi connectivity index (χ3n) is 2.55. The predicted octanol–water partition coefficient (Wildman–Crippen LogP) is 1.16. The number of nitrogens with two attached hydrogens (primary N) is 1. The molecule has 0 aliphatic carbocycles. The van der Waals surface area contributed by atoms with E-state index < -0.39 is 0 Å². The molecule has 0 bridgehead atoms. The average molecular weight is 245 g/mol. The van der Waals surface area contributed by atoms with Crippen LogP contribution in [-0.2, 0) is 6.54 Å². The van der Waals surface area contributed by atoms with E-state index in [0.29, 0.717) is 19.6 Å². The van der Waals surface area contributed by atoms with Gasteiger partial charge < -0.3 is 16.0 Å². The fourth-order valence-corrected chi connectivity index (χ4v) is 1.32. The van der Waals surface area contributed by atoms with E-state index in [-0.39, 0.29) is 6.03 Å². The second-order valence-electron chi connectivity index (χ2n) is 3.88. The highest BCUT2D eigenvalue weighted by Crippen LogP contribution is 2.03. The van der Waals surface area contributed by atoms with Gasteiger partial charge in [0.25, 0.3) is 0 Å². The summed E-state index contributed by atoms with van der Waals surface area (Å²) in [5.41, 5.74) is 7.28. The van der Waals surface area contributed by atoms with Gasteiger partial charge in [-0.25, -0.2) is 4.79 Å². The maximum Gasteiger partial charge on any atom is 0.317 e. The van der Waals surface area contributed by atoms with Crippen molar-refractivity contribution < 1.29 is 4.79 Å². The molecule has 3 N–H and O–H groups in total. The molecule has 1 rings (SSSR count). The highest BCUT2D eigenvalue weighted by molar-refractivity contribution is 5.73. The van der Waals surface area contributed by atoms with Crippen LogP contribution in [0.15, 0.2) is 24.3 Å². The lowest BCUT2D eigenvalue weighted by atomic mass is 10.1. The zero-order valence-corrected chi connectivity index (χ0v) is 10.9. The van der Waals surface area contributed by atoms with Crippen LogP contribution < -0.4 is 11.1 Å². The second kappa shape index (κ2) is 7.36. The zero-order valence-electron chi connectivity index (χ0n) is 10.9. The standard InChI is InChI=1S/C14H19N3O/c1-3-17(2)14(18)16-11-13-8-6-12(7-9-13)5-4-10-15/h6-9H,3,10-11,15H2,1-2H3,(H,16,18). The summed E-state index contributed by atoms with van der Waals surface area (Å²) >= 11 is 0. The first-order chi connectivity index (χ1) is 8.67. The molecule has 0 spiro atoms. The lowest BCUT2D eigenvalue weighted by Gasteiger charge is -2.15. The molecule has 0 aliphatic rings. The van der Waals surface area contributed by atoms with Crippen LogP contribution in [0.4, 0.5) is 4.79 Å². The number of carbonyl (C=O) groups excluding carboxylic acids is 1. The lowest BCUT2D eigenvalue weighted by molar-refractivity contribution is 0.210. The Bertz CT molecular complexity index is 442. The third-order valence-corrected chi connectivity index (χ3v) is 2.55. The van der Waals surface area contributed by atoms with Crippen LogP contribution in [0.5, 0.6) is 0 Å². The molecule has 0 fully saturated rings. The molecule has 0 atom stereocenters. The smallest absolute Gasteiger partial charge is 0.317 e. The molecule has 96 valence electrons. The van der Waals surface area contributed by atoms with E-state index in [1.165, 1.54) is 0 Å². The Balaban J connectivity index is 2.51. The minimum absolute atomic E-state index is 0.0653. The van der Waals surface area contributed by atoms with Gasteiger partial charge in [0.1, 0.15) is 0 Å². The number of hydrogen-bond donors (Lipinski definition) is 2. The van der Waals surface area contributed by atoms with Gasteiger partial charge in [0.15, 0.2) is 0 Å². The first kappa shape index (κ1) is 14.1. The summed E-state index contributed by atoms with van der Waals surface area (Å²) in [6.45, 7) is 3.51. The van der Waals surface area contributed by atoms with Gasteiger partial charge in [0.2, 0.25) is 0 Å². The molecule has 0 heterocycles. The topological polar surface area (TPSA) is 58.4 Å². The Morgan fingerprint density at radius 1 is 1.39 bits per heavy atom. The Hall–Kier alpha value is -1.99. The first-order valence-electron chi connectivity index (χ1n) is 5.94. The largest absolute Gasteiger partial charge is 0.334 e. The van der Waals surface area contributed by atoms with Crippen molar-refractivity contribution in [2.75, 3.05) is 20.1 Å². The maximum atomic E-state index is 11.5. The van der Waals surface area contributed by atoms with Crippen molar-refractivity contribution >= 4 is 6.03 Å². The Morgan fingerprint density at radius 3 is 2.61 bits per heavy atom. The minimum Gasteiger partial charge on any atom is -0.334 e. The molecule has 0 saturated carbocycles. The Morgan fingerprint density at radius 2 is 2.06 bits per heavy atom. The monoisotopic (exact) mass is 245 g/mol. The van der Waals surface area contributed by atoms with E-state index in [1.54, 1.807) is 11.9 Å². The molecule has 4 heteroatoms. The molecule has 0 aliphatic heterocycles. The van der Waals surface area contributed by atoms with Crippen LogP contribution in [0.2, 0.25) is 0 Å². The number of nitrogens with one attached hydrogen (secondary N) is 1. The lowest BCUT2D eigenvalue weighted by Crippen LogP contribution is -2.36. The summed E-state index contributed by atoms with van der Waals surface area (Å²) in [5, 5.41) is 2.84. The number of carbonyl (C=O) groups is 1. The van der Waals surface area contributed by atoms with Crippen molar-refractivity contribution in [2.24, 2.45) is 5.73 Å². The highest BCUT2D eigenvalue weighted by Gasteiger charge is 2.04. The molecule has 18 heavy (non-hydrogen) atoms. The van der Waals surface area contributed by atoms with Crippen LogP contribution in [0.3, 0.4) is 0 Å². The van der Waals surface area contributed by atoms with Crippen LogP contribution >= 0.6 is 0 Å². The fraction of sp³-hybridized carbons (Fsp3) is 0.357. The third kappa shape index (κ3) is 4.48. The summed E-state index contributed by atoms with van der Waals surface area (Å²) in [7, 11) is 1.76. The normalized spacial score (nSPS) is 9.28. The van der Waals surface area contributed by atoms with Crippen molar-refractivity contribution in [3.63, 3.8) is 0 Å². The molecule has 4 nitrogen and oxygen atoms in total. The van der Waals surface area contributed by atoms with Gasteiger partial charge >= 0.3 is 6.03 Å². The Kier molecular flexibility index (Phi) is 5.75. The van der Waals surface area contributed by atoms with Gasteiger partial charge in [-0.1, -0.05) is 24.0 Å². The van der Waals surface area contributed by atoms with E-state index in [4.69, 9.17) is 5.73 Å². The number of benzene rings is 1. The summed E-state index contributed by atoms with van der Waals surface area (Å²) in [6, 6.07) is 7.69. The minimum atomic E-state index is -0.0653. The van der Waals surface area contributed by atoms with Crippen molar-refractivity contribution in [3.05, 3.63) is 35.4 Å². The fourth-order valence-electron chi connectivity index (χ4n) is 1.32. The average Bonchev–Trinajstić information content (AvgIpc) is 2.42. The van der Waals surface area contributed by atoms with Crippen LogP contribution in [0.1, 0.15) is 18.1 Å². The Labute approximate surface area is 108 Å². The maximum absolute atomic E-state index is 11.5. The number of urea groups is 1. The second-order valence-corrected chi connectivity index (χ2v) is 3.88. The van der Waals surface area contributed by atoms with Gasteiger partial charge in [-0.3, -0.25) is 0 Å². The van der Waals surface area contributed by atoms with E-state index in [1.807, 2.05) is 31.2 Å². The van der Waals surface area contributed by atoms with Gasteiger partial charge in [0.05, 0.1) is 6.54 Å². The van der Waals surface area contributed by atoms with Crippen molar-refractivity contribution in [1.29, 1.82) is 0 Å². The summed E-state index contributed by atoms with van der Waals surface area (Å²) in [5.74, 6) is 5.75. The van der Waals surface area contributed by atoms with Crippen molar-refractivity contribution in [2.45, 2.75) is 13.5 Å². The SMILES string of the molecule is CCN(C)C(=O)NCc1ccc(C#CCN)cc1. The number of amides is 2. The number of nitrogens with zero attached hydrogens (tertiary/aromatic N) is 1. The van der Waals surface area contributed by atoms with E-state index in [0.717, 1.165) is 11.1 Å². The molecule has 0 unspecified atom stereocenters. The van der Waals surface area contributed by atoms with E-state index >= 15 is 0 Å². The van der Waals surface area contributed by atoms with Crippen LogP contribution in [0.25, 0.3) is 0 Å². The molecular formula is C14H19N3O. The van der Waals surface area contributed by atoms with Crippen LogP contribution in [0, 0.1) is 11.8 Å². The highest BCUT2D eigenvalue weighted by atomic mass is 16.2. The van der Waals surface area contributed by atoms with Gasteiger partial charge in [-0.2, -0.15) is 0 Å². The van der Waals surface area contributed by atoms with E-state index in [2.05, 4.69) is 17.2 Å². The molecule has 0 aromatic heterocycles. The number of hydrogen-bond acceptors (Lipinski definition) is 2. The molecule has 1 aromatic carbocycles. The molecule has 1 aromatic rings.